The van der Waals surface area contributed by atoms with E-state index in [1.54, 1.807) is 19.1 Å². The Morgan fingerprint density at radius 1 is 1.27 bits per heavy atom. The number of aryl methyl sites for hydroxylation is 2. The minimum absolute atomic E-state index is 0.0859. The third-order valence-electron chi connectivity index (χ3n) is 3.14. The number of thiophene rings is 1. The third-order valence-corrected chi connectivity index (χ3v) is 4.26. The standard InChI is InChI=1S/C14H11ClN4O2S/c1-7-5-9(3-4-11(7)19(20)21)16-12-10-6-8(2)22-13(10)18-14(15)17-12/h3-6H,1-2H3,(H,16,17,18). The number of halogens is 1. The summed E-state index contributed by atoms with van der Waals surface area (Å²) in [5, 5.41) is 15.1. The van der Waals surface area contributed by atoms with E-state index in [-0.39, 0.29) is 11.0 Å². The molecule has 1 aromatic carbocycles. The van der Waals surface area contributed by atoms with E-state index < -0.39 is 4.92 Å². The molecule has 0 spiro atoms. The van der Waals surface area contributed by atoms with Crippen LogP contribution in [0.25, 0.3) is 10.2 Å². The van der Waals surface area contributed by atoms with Crippen LogP contribution in [0.1, 0.15) is 10.4 Å². The second-order valence-corrected chi connectivity index (χ2v) is 6.37. The Morgan fingerprint density at radius 3 is 2.73 bits per heavy atom. The molecule has 0 saturated heterocycles. The predicted molar refractivity (Wildman–Crippen MR) is 88.3 cm³/mol. The van der Waals surface area contributed by atoms with Crippen LogP contribution in [0.3, 0.4) is 0 Å². The molecule has 22 heavy (non-hydrogen) atoms. The van der Waals surface area contributed by atoms with Crippen LogP contribution in [-0.4, -0.2) is 14.9 Å². The quantitative estimate of drug-likeness (QED) is 0.429. The zero-order chi connectivity index (χ0) is 15.9. The summed E-state index contributed by atoms with van der Waals surface area (Å²) in [6, 6.07) is 6.80. The number of aromatic nitrogens is 2. The van der Waals surface area contributed by atoms with E-state index in [1.165, 1.54) is 17.4 Å². The van der Waals surface area contributed by atoms with Crippen LogP contribution in [0.4, 0.5) is 17.2 Å². The Labute approximate surface area is 134 Å². The van der Waals surface area contributed by atoms with Crippen molar-refractivity contribution in [3.05, 3.63) is 50.1 Å². The molecule has 112 valence electrons. The van der Waals surface area contributed by atoms with E-state index in [0.717, 1.165) is 15.1 Å². The van der Waals surface area contributed by atoms with Gasteiger partial charge in [-0.25, -0.2) is 4.98 Å². The van der Waals surface area contributed by atoms with Gasteiger partial charge in [0.1, 0.15) is 10.6 Å². The molecule has 2 heterocycles. The monoisotopic (exact) mass is 334 g/mol. The van der Waals surface area contributed by atoms with Crippen molar-refractivity contribution in [2.45, 2.75) is 13.8 Å². The lowest BCUT2D eigenvalue weighted by Gasteiger charge is -2.08. The smallest absolute Gasteiger partial charge is 0.272 e. The molecule has 0 unspecified atom stereocenters. The number of nitrogens with one attached hydrogen (secondary N) is 1. The summed E-state index contributed by atoms with van der Waals surface area (Å²) in [6.07, 6.45) is 0. The number of fused-ring (bicyclic) bond motifs is 1. The highest BCUT2D eigenvalue weighted by Gasteiger charge is 2.13. The van der Waals surface area contributed by atoms with Gasteiger partial charge in [0, 0.05) is 22.2 Å². The van der Waals surface area contributed by atoms with Gasteiger partial charge in [-0.3, -0.25) is 10.1 Å². The van der Waals surface area contributed by atoms with Crippen molar-refractivity contribution >= 4 is 50.3 Å². The van der Waals surface area contributed by atoms with Crippen LogP contribution in [0, 0.1) is 24.0 Å². The molecule has 3 aromatic rings. The van der Waals surface area contributed by atoms with E-state index in [2.05, 4.69) is 15.3 Å². The number of hydrogen-bond donors (Lipinski definition) is 1. The molecule has 0 radical (unpaired) electrons. The summed E-state index contributed by atoms with van der Waals surface area (Å²) in [7, 11) is 0. The van der Waals surface area contributed by atoms with Crippen molar-refractivity contribution < 1.29 is 4.92 Å². The fraction of sp³-hybridized carbons (Fsp3) is 0.143. The second kappa shape index (κ2) is 5.51. The topological polar surface area (TPSA) is 81.0 Å². The lowest BCUT2D eigenvalue weighted by atomic mass is 10.2. The highest BCUT2D eigenvalue weighted by atomic mass is 35.5. The van der Waals surface area contributed by atoms with E-state index in [1.807, 2.05) is 13.0 Å². The first-order chi connectivity index (χ1) is 10.4. The zero-order valence-corrected chi connectivity index (χ0v) is 13.3. The van der Waals surface area contributed by atoms with E-state index in [0.29, 0.717) is 17.1 Å². The second-order valence-electron chi connectivity index (χ2n) is 4.80. The molecular weight excluding hydrogens is 324 g/mol. The van der Waals surface area contributed by atoms with Gasteiger partial charge in [0.25, 0.3) is 5.69 Å². The highest BCUT2D eigenvalue weighted by molar-refractivity contribution is 7.18. The molecule has 2 aromatic heterocycles. The number of nitro groups is 1. The Bertz CT molecular complexity index is 894. The molecule has 8 heteroatoms. The van der Waals surface area contributed by atoms with Gasteiger partial charge in [0.2, 0.25) is 5.28 Å². The zero-order valence-electron chi connectivity index (χ0n) is 11.8. The average Bonchev–Trinajstić information content (AvgIpc) is 2.78. The first-order valence-electron chi connectivity index (χ1n) is 6.40. The molecule has 3 rings (SSSR count). The van der Waals surface area contributed by atoms with Gasteiger partial charge in [-0.15, -0.1) is 11.3 Å². The van der Waals surface area contributed by atoms with Crippen molar-refractivity contribution in [2.24, 2.45) is 0 Å². The van der Waals surface area contributed by atoms with Gasteiger partial charge in [0.05, 0.1) is 10.3 Å². The van der Waals surface area contributed by atoms with Crippen LogP contribution in [0.5, 0.6) is 0 Å². The number of nitro benzene ring substituents is 1. The Kier molecular flexibility index (Phi) is 3.67. The molecule has 0 amide bonds. The summed E-state index contributed by atoms with van der Waals surface area (Å²) in [4.78, 5) is 20.8. The minimum atomic E-state index is -0.402. The molecule has 0 bridgehead atoms. The summed E-state index contributed by atoms with van der Waals surface area (Å²) in [5.41, 5.74) is 1.37. The molecule has 0 aliphatic heterocycles. The van der Waals surface area contributed by atoms with Gasteiger partial charge in [0.15, 0.2) is 0 Å². The molecule has 0 aliphatic carbocycles. The lowest BCUT2D eigenvalue weighted by molar-refractivity contribution is -0.385. The number of benzene rings is 1. The molecule has 1 N–H and O–H groups in total. The van der Waals surface area contributed by atoms with Gasteiger partial charge in [-0.2, -0.15) is 4.98 Å². The third kappa shape index (κ3) is 2.72. The number of hydrogen-bond acceptors (Lipinski definition) is 6. The van der Waals surface area contributed by atoms with E-state index in [4.69, 9.17) is 11.6 Å². The van der Waals surface area contributed by atoms with Crippen molar-refractivity contribution in [1.29, 1.82) is 0 Å². The van der Waals surface area contributed by atoms with Gasteiger partial charge < -0.3 is 5.32 Å². The van der Waals surface area contributed by atoms with Crippen molar-refractivity contribution in [2.75, 3.05) is 5.32 Å². The minimum Gasteiger partial charge on any atom is -0.340 e. The summed E-state index contributed by atoms with van der Waals surface area (Å²) < 4.78 is 0. The maximum Gasteiger partial charge on any atom is 0.272 e. The first-order valence-corrected chi connectivity index (χ1v) is 7.59. The Hall–Kier alpha value is -2.25. The maximum absolute atomic E-state index is 10.9. The Morgan fingerprint density at radius 2 is 2.05 bits per heavy atom. The predicted octanol–water partition coefficient (Wildman–Crippen LogP) is 4.61. The van der Waals surface area contributed by atoms with Crippen molar-refractivity contribution in [3.63, 3.8) is 0 Å². The SMILES string of the molecule is Cc1cc2c(Nc3ccc([N+](=O)[O-])c(C)c3)nc(Cl)nc2s1. The molecule has 0 aliphatic rings. The summed E-state index contributed by atoms with van der Waals surface area (Å²) in [6.45, 7) is 3.68. The largest absolute Gasteiger partial charge is 0.340 e. The van der Waals surface area contributed by atoms with Crippen LogP contribution in [0.2, 0.25) is 5.28 Å². The number of anilines is 2. The van der Waals surface area contributed by atoms with Crippen LogP contribution in [-0.2, 0) is 0 Å². The van der Waals surface area contributed by atoms with Crippen LogP contribution in [0.15, 0.2) is 24.3 Å². The van der Waals surface area contributed by atoms with Crippen LogP contribution >= 0.6 is 22.9 Å². The van der Waals surface area contributed by atoms with Crippen molar-refractivity contribution in [3.8, 4) is 0 Å². The van der Waals surface area contributed by atoms with Gasteiger partial charge in [-0.1, -0.05) is 0 Å². The van der Waals surface area contributed by atoms with Gasteiger partial charge >= 0.3 is 0 Å². The number of nitrogens with zero attached hydrogens (tertiary/aromatic N) is 3. The summed E-state index contributed by atoms with van der Waals surface area (Å²) in [5.74, 6) is 0.590. The lowest BCUT2D eigenvalue weighted by Crippen LogP contribution is -1.98. The van der Waals surface area contributed by atoms with Gasteiger partial charge in [-0.05, 0) is 43.6 Å². The molecule has 0 saturated carbocycles. The number of rotatable bonds is 3. The van der Waals surface area contributed by atoms with E-state index >= 15 is 0 Å². The fourth-order valence-electron chi connectivity index (χ4n) is 2.19. The molecule has 0 atom stereocenters. The van der Waals surface area contributed by atoms with E-state index in [9.17, 15) is 10.1 Å². The fourth-order valence-corrected chi connectivity index (χ4v) is 3.28. The first kappa shape index (κ1) is 14.7. The highest BCUT2D eigenvalue weighted by Crippen LogP contribution is 2.32. The molecular formula is C14H11ClN4O2S. The van der Waals surface area contributed by atoms with Crippen LogP contribution < -0.4 is 5.32 Å². The molecule has 6 nitrogen and oxygen atoms in total. The Balaban J connectivity index is 2.03. The van der Waals surface area contributed by atoms with Crippen molar-refractivity contribution in [1.82, 2.24) is 9.97 Å². The maximum atomic E-state index is 10.9. The normalized spacial score (nSPS) is 10.9. The summed E-state index contributed by atoms with van der Waals surface area (Å²) >= 11 is 7.49. The molecule has 0 fully saturated rings. The average molecular weight is 335 g/mol.